The molecule has 3 heteroatoms. The highest BCUT2D eigenvalue weighted by atomic mass is 16.1. The second-order valence-electron chi connectivity index (χ2n) is 7.32. The van der Waals surface area contributed by atoms with E-state index in [-0.39, 0.29) is 5.78 Å². The standard InChI is InChI=1S/C25H20N2O/c26-18-11-12-19-20-13-14-22(27)24(28)23(20)25(21(19)15-18,16-7-3-1-4-8-16)17-9-5-2-6-10-17/h1-15,22H,26-27H2. The Morgan fingerprint density at radius 3 is 2.04 bits per heavy atom. The fourth-order valence-corrected chi connectivity index (χ4v) is 4.67. The fourth-order valence-electron chi connectivity index (χ4n) is 4.67. The number of allylic oxidation sites excluding steroid dienone is 2. The van der Waals surface area contributed by atoms with Gasteiger partial charge < -0.3 is 11.5 Å². The zero-order valence-corrected chi connectivity index (χ0v) is 15.3. The third-order valence-electron chi connectivity index (χ3n) is 5.82. The van der Waals surface area contributed by atoms with Gasteiger partial charge in [-0.05, 0) is 40.0 Å². The molecule has 4 N–H and O–H groups in total. The summed E-state index contributed by atoms with van der Waals surface area (Å²) in [6, 6.07) is 25.6. The van der Waals surface area contributed by atoms with Gasteiger partial charge in [0.15, 0.2) is 5.78 Å². The molecule has 0 amide bonds. The van der Waals surface area contributed by atoms with E-state index in [0.29, 0.717) is 5.69 Å². The van der Waals surface area contributed by atoms with E-state index in [1.165, 1.54) is 0 Å². The predicted octanol–water partition coefficient (Wildman–Crippen LogP) is 3.84. The van der Waals surface area contributed by atoms with Crippen molar-refractivity contribution in [2.24, 2.45) is 5.73 Å². The molecular weight excluding hydrogens is 344 g/mol. The molecule has 0 spiro atoms. The van der Waals surface area contributed by atoms with Gasteiger partial charge in [0, 0.05) is 11.3 Å². The number of nitrogens with two attached hydrogens (primary N) is 2. The molecule has 5 rings (SSSR count). The zero-order chi connectivity index (χ0) is 19.3. The molecule has 0 aromatic heterocycles. The molecule has 28 heavy (non-hydrogen) atoms. The van der Waals surface area contributed by atoms with Crippen molar-refractivity contribution in [2.75, 3.05) is 5.73 Å². The number of ketones is 1. The number of benzene rings is 3. The van der Waals surface area contributed by atoms with Gasteiger partial charge in [-0.3, -0.25) is 4.79 Å². The summed E-state index contributed by atoms with van der Waals surface area (Å²) in [5.41, 5.74) is 18.1. The van der Waals surface area contributed by atoms with Crippen molar-refractivity contribution in [2.45, 2.75) is 11.5 Å². The molecule has 0 saturated carbocycles. The van der Waals surface area contributed by atoms with E-state index in [2.05, 4.69) is 24.3 Å². The molecule has 3 aromatic carbocycles. The van der Waals surface area contributed by atoms with E-state index in [4.69, 9.17) is 11.5 Å². The van der Waals surface area contributed by atoms with Crippen LogP contribution in [0, 0.1) is 0 Å². The zero-order valence-electron chi connectivity index (χ0n) is 15.3. The van der Waals surface area contributed by atoms with Crippen molar-refractivity contribution >= 4 is 17.0 Å². The van der Waals surface area contributed by atoms with Crippen molar-refractivity contribution in [3.8, 4) is 0 Å². The summed E-state index contributed by atoms with van der Waals surface area (Å²) in [7, 11) is 0. The Balaban J connectivity index is 1.98. The van der Waals surface area contributed by atoms with Crippen LogP contribution in [0.25, 0.3) is 5.57 Å². The number of carbonyl (C=O) groups is 1. The van der Waals surface area contributed by atoms with Crippen LogP contribution in [0.15, 0.2) is 96.6 Å². The predicted molar refractivity (Wildman–Crippen MR) is 113 cm³/mol. The SMILES string of the molecule is Nc1ccc2c(c1)C(c1ccccc1)(c1ccccc1)C1=C2C=CC(N)C1=O. The van der Waals surface area contributed by atoms with Gasteiger partial charge in [0.05, 0.1) is 11.5 Å². The third-order valence-corrected chi connectivity index (χ3v) is 5.82. The van der Waals surface area contributed by atoms with Crippen LogP contribution in [0.4, 0.5) is 5.69 Å². The summed E-state index contributed by atoms with van der Waals surface area (Å²) in [5.74, 6) is -0.0417. The number of hydrogen-bond donors (Lipinski definition) is 2. The maximum Gasteiger partial charge on any atom is 0.181 e. The van der Waals surface area contributed by atoms with Crippen molar-refractivity contribution < 1.29 is 4.79 Å². The number of hydrogen-bond acceptors (Lipinski definition) is 3. The first-order valence-electron chi connectivity index (χ1n) is 9.38. The van der Waals surface area contributed by atoms with Crippen LogP contribution in [0.1, 0.15) is 22.3 Å². The van der Waals surface area contributed by atoms with Gasteiger partial charge in [0.1, 0.15) is 0 Å². The first kappa shape index (κ1) is 16.7. The summed E-state index contributed by atoms with van der Waals surface area (Å²) in [6.45, 7) is 0. The van der Waals surface area contributed by atoms with Gasteiger partial charge in [-0.1, -0.05) is 78.9 Å². The van der Waals surface area contributed by atoms with Crippen LogP contribution in [0.2, 0.25) is 0 Å². The van der Waals surface area contributed by atoms with Gasteiger partial charge >= 0.3 is 0 Å². The third kappa shape index (κ3) is 2.11. The minimum atomic E-state index is -0.734. The van der Waals surface area contributed by atoms with Crippen LogP contribution < -0.4 is 11.5 Å². The van der Waals surface area contributed by atoms with E-state index < -0.39 is 11.5 Å². The number of rotatable bonds is 2. The highest BCUT2D eigenvalue weighted by Crippen LogP contribution is 2.56. The van der Waals surface area contributed by atoms with Gasteiger partial charge in [-0.2, -0.15) is 0 Å². The quantitative estimate of drug-likeness (QED) is 0.679. The van der Waals surface area contributed by atoms with Crippen LogP contribution >= 0.6 is 0 Å². The molecular formula is C25H20N2O. The molecule has 0 heterocycles. The summed E-state index contributed by atoms with van der Waals surface area (Å²) in [6.07, 6.45) is 3.78. The Bertz CT molecular complexity index is 1100. The average Bonchev–Trinajstić information content (AvgIpc) is 3.03. The van der Waals surface area contributed by atoms with Crippen molar-refractivity contribution in [1.29, 1.82) is 0 Å². The fraction of sp³-hybridized carbons (Fsp3) is 0.0800. The van der Waals surface area contributed by atoms with Gasteiger partial charge in [-0.25, -0.2) is 0 Å². The first-order valence-corrected chi connectivity index (χ1v) is 9.38. The lowest BCUT2D eigenvalue weighted by molar-refractivity contribution is -0.116. The second kappa shape index (κ2) is 6.04. The molecule has 0 aliphatic heterocycles. The maximum atomic E-state index is 13.5. The molecule has 136 valence electrons. The molecule has 1 atom stereocenters. The minimum Gasteiger partial charge on any atom is -0.399 e. The Morgan fingerprint density at radius 1 is 0.821 bits per heavy atom. The molecule has 3 nitrogen and oxygen atoms in total. The monoisotopic (exact) mass is 364 g/mol. The van der Waals surface area contributed by atoms with E-state index >= 15 is 0 Å². The van der Waals surface area contributed by atoms with E-state index in [1.807, 2.05) is 60.7 Å². The highest BCUT2D eigenvalue weighted by Gasteiger charge is 2.51. The van der Waals surface area contributed by atoms with E-state index in [9.17, 15) is 4.79 Å². The Hall–Kier alpha value is -3.43. The molecule has 0 bridgehead atoms. The van der Waals surface area contributed by atoms with Crippen molar-refractivity contribution in [1.82, 2.24) is 0 Å². The Morgan fingerprint density at radius 2 is 1.43 bits per heavy atom. The highest BCUT2D eigenvalue weighted by molar-refractivity contribution is 6.16. The topological polar surface area (TPSA) is 69.1 Å². The number of fused-ring (bicyclic) bond motifs is 2. The first-order chi connectivity index (χ1) is 13.6. The largest absolute Gasteiger partial charge is 0.399 e. The maximum absolute atomic E-state index is 13.5. The summed E-state index contributed by atoms with van der Waals surface area (Å²) in [5, 5.41) is 0. The number of carbonyl (C=O) groups excluding carboxylic acids is 1. The van der Waals surface area contributed by atoms with Gasteiger partial charge in [0.2, 0.25) is 0 Å². The van der Waals surface area contributed by atoms with Crippen LogP contribution in [-0.4, -0.2) is 11.8 Å². The molecule has 1 unspecified atom stereocenters. The van der Waals surface area contributed by atoms with E-state index in [1.54, 1.807) is 6.08 Å². The van der Waals surface area contributed by atoms with Crippen LogP contribution in [-0.2, 0) is 10.2 Å². The minimum absolute atomic E-state index is 0.0417. The normalized spacial score (nSPS) is 19.5. The summed E-state index contributed by atoms with van der Waals surface area (Å²) < 4.78 is 0. The number of anilines is 1. The smallest absolute Gasteiger partial charge is 0.181 e. The average molecular weight is 364 g/mol. The lowest BCUT2D eigenvalue weighted by Gasteiger charge is -2.36. The number of Topliss-reactive ketones (excluding diaryl/α,β-unsaturated/α-hetero) is 1. The van der Waals surface area contributed by atoms with Gasteiger partial charge in [-0.15, -0.1) is 0 Å². The number of nitrogen functional groups attached to an aromatic ring is 1. The molecule has 0 radical (unpaired) electrons. The van der Waals surface area contributed by atoms with Crippen LogP contribution in [0.3, 0.4) is 0 Å². The molecule has 3 aromatic rings. The lowest BCUT2D eigenvalue weighted by Crippen LogP contribution is -2.40. The Kier molecular flexibility index (Phi) is 3.61. The summed E-state index contributed by atoms with van der Waals surface area (Å²) in [4.78, 5) is 13.5. The second-order valence-corrected chi connectivity index (χ2v) is 7.32. The Labute approximate surface area is 164 Å². The molecule has 2 aliphatic carbocycles. The summed E-state index contributed by atoms with van der Waals surface area (Å²) >= 11 is 0. The van der Waals surface area contributed by atoms with Crippen LogP contribution in [0.5, 0.6) is 0 Å². The van der Waals surface area contributed by atoms with E-state index in [0.717, 1.165) is 33.4 Å². The lowest BCUT2D eigenvalue weighted by atomic mass is 9.65. The van der Waals surface area contributed by atoms with Gasteiger partial charge in [0.25, 0.3) is 0 Å². The molecule has 2 aliphatic rings. The molecule has 0 fully saturated rings. The van der Waals surface area contributed by atoms with Crippen molar-refractivity contribution in [3.63, 3.8) is 0 Å². The van der Waals surface area contributed by atoms with Crippen molar-refractivity contribution in [3.05, 3.63) is 119 Å². The molecule has 0 saturated heterocycles.